The Hall–Kier alpha value is -2.69. The van der Waals surface area contributed by atoms with Crippen LogP contribution in [0.4, 0.5) is 0 Å². The first-order valence-corrected chi connectivity index (χ1v) is 8.68. The summed E-state index contributed by atoms with van der Waals surface area (Å²) in [5.41, 5.74) is 2.56. The van der Waals surface area contributed by atoms with Gasteiger partial charge in [0.05, 0.1) is 0 Å². The molecule has 1 fully saturated rings. The zero-order chi connectivity index (χ0) is 17.8. The normalized spacial score (nSPS) is 15.1. The van der Waals surface area contributed by atoms with Gasteiger partial charge in [-0.3, -0.25) is 9.59 Å². The van der Waals surface area contributed by atoms with Gasteiger partial charge >= 0.3 is 0 Å². The smallest absolute Gasteiger partial charge is 0.269 e. The lowest BCUT2D eigenvalue weighted by atomic mass is 9.92. The zero-order valence-electron chi connectivity index (χ0n) is 14.6. The molecule has 0 bridgehead atoms. The van der Waals surface area contributed by atoms with Gasteiger partial charge in [-0.15, -0.1) is 0 Å². The molecule has 5 nitrogen and oxygen atoms in total. The van der Waals surface area contributed by atoms with E-state index in [1.54, 1.807) is 19.2 Å². The number of benzene rings is 1. The van der Waals surface area contributed by atoms with Crippen molar-refractivity contribution >= 4 is 11.8 Å². The van der Waals surface area contributed by atoms with Gasteiger partial charge in [0, 0.05) is 30.3 Å². The van der Waals surface area contributed by atoms with Gasteiger partial charge in [-0.05, 0) is 37.0 Å². The van der Waals surface area contributed by atoms with Crippen LogP contribution in [0.2, 0.25) is 0 Å². The maximum Gasteiger partial charge on any atom is 0.269 e. The summed E-state index contributed by atoms with van der Waals surface area (Å²) in [5, 5.41) is 5.61. The first-order valence-electron chi connectivity index (χ1n) is 8.68. The topological polar surface area (TPSA) is 71.1 Å². The third-order valence-corrected chi connectivity index (χ3v) is 4.75. The van der Waals surface area contributed by atoms with E-state index in [1.165, 1.54) is 0 Å². The zero-order valence-corrected chi connectivity index (χ0v) is 14.6. The molecule has 2 N–H and O–H groups in total. The van der Waals surface area contributed by atoms with Gasteiger partial charge in [0.15, 0.2) is 0 Å². The van der Waals surface area contributed by atoms with Crippen LogP contribution >= 0.6 is 0 Å². The fraction of sp³-hybridized carbons (Fsp3) is 0.350. The fourth-order valence-corrected chi connectivity index (χ4v) is 2.88. The number of hydrogen-bond donors (Lipinski definition) is 2. The molecule has 0 unspecified atom stereocenters. The second-order valence-corrected chi connectivity index (χ2v) is 6.48. The molecule has 0 spiro atoms. The van der Waals surface area contributed by atoms with Crippen LogP contribution in [0.3, 0.4) is 0 Å². The Labute approximate surface area is 147 Å². The number of rotatable bonds is 5. The van der Waals surface area contributed by atoms with Crippen LogP contribution < -0.4 is 10.6 Å². The molecule has 1 aromatic carbocycles. The van der Waals surface area contributed by atoms with E-state index in [-0.39, 0.29) is 29.5 Å². The van der Waals surface area contributed by atoms with Gasteiger partial charge in [-0.25, -0.2) is 4.98 Å². The number of carbonyl (C=O) groups is 2. The average Bonchev–Trinajstić information content (AvgIpc) is 2.63. The number of hydrogen-bond acceptors (Lipinski definition) is 3. The molecule has 0 radical (unpaired) electrons. The van der Waals surface area contributed by atoms with Gasteiger partial charge in [-0.2, -0.15) is 0 Å². The highest BCUT2D eigenvalue weighted by Gasteiger charge is 2.22. The Morgan fingerprint density at radius 3 is 2.44 bits per heavy atom. The molecule has 25 heavy (non-hydrogen) atoms. The van der Waals surface area contributed by atoms with E-state index in [1.807, 2.05) is 37.3 Å². The molecule has 1 saturated carbocycles. The predicted molar refractivity (Wildman–Crippen MR) is 96.7 cm³/mol. The summed E-state index contributed by atoms with van der Waals surface area (Å²) in [6.07, 6.45) is 3.19. The number of nitrogens with one attached hydrogen (secondary N) is 2. The summed E-state index contributed by atoms with van der Waals surface area (Å²) in [6.45, 7) is 2.03. The molecule has 0 aliphatic heterocycles. The summed E-state index contributed by atoms with van der Waals surface area (Å²) in [6, 6.07) is 13.5. The van der Waals surface area contributed by atoms with Crippen molar-refractivity contribution in [2.24, 2.45) is 0 Å². The van der Waals surface area contributed by atoms with Crippen LogP contribution in [0, 0.1) is 0 Å². The second-order valence-electron chi connectivity index (χ2n) is 6.48. The molecule has 3 rings (SSSR count). The average molecular weight is 337 g/mol. The summed E-state index contributed by atoms with van der Waals surface area (Å²) in [7, 11) is 1.56. The minimum absolute atomic E-state index is 0.0129. The van der Waals surface area contributed by atoms with Gasteiger partial charge in [-0.1, -0.05) is 37.3 Å². The second kappa shape index (κ2) is 7.47. The van der Waals surface area contributed by atoms with Crippen LogP contribution in [0.25, 0.3) is 0 Å². The van der Waals surface area contributed by atoms with Crippen LogP contribution in [0.5, 0.6) is 0 Å². The van der Waals surface area contributed by atoms with Crippen molar-refractivity contribution in [2.75, 3.05) is 7.05 Å². The van der Waals surface area contributed by atoms with Crippen LogP contribution in [-0.4, -0.2) is 29.9 Å². The number of amides is 2. The van der Waals surface area contributed by atoms with Crippen molar-refractivity contribution < 1.29 is 9.59 Å². The Bertz CT molecular complexity index is 770. The minimum atomic E-state index is -0.292. The van der Waals surface area contributed by atoms with E-state index in [0.717, 1.165) is 24.8 Å². The lowest BCUT2D eigenvalue weighted by Gasteiger charge is -2.26. The van der Waals surface area contributed by atoms with E-state index >= 15 is 0 Å². The standard InChI is InChI=1S/C20H23N3O2/c1-13(14-7-4-3-5-8-14)17-11-15(12-18(23-17)20(25)21-2)19(24)22-16-9-6-10-16/h3-5,7-8,11-13,16H,6,9-10H2,1-2H3,(H,21,25)(H,22,24)/t13-/m1/s1. The van der Waals surface area contributed by atoms with E-state index in [9.17, 15) is 9.59 Å². The van der Waals surface area contributed by atoms with E-state index in [2.05, 4.69) is 15.6 Å². The van der Waals surface area contributed by atoms with Crippen LogP contribution in [-0.2, 0) is 0 Å². The number of aromatic nitrogens is 1. The summed E-state index contributed by atoms with van der Waals surface area (Å²) < 4.78 is 0. The number of nitrogens with zero attached hydrogens (tertiary/aromatic N) is 1. The first-order chi connectivity index (χ1) is 12.1. The molecular formula is C20H23N3O2. The maximum atomic E-state index is 12.6. The van der Waals surface area contributed by atoms with Gasteiger partial charge in [0.2, 0.25) is 0 Å². The minimum Gasteiger partial charge on any atom is -0.354 e. The summed E-state index contributed by atoms with van der Waals surface area (Å²) in [5.74, 6) is -0.445. The van der Waals surface area contributed by atoms with Gasteiger partial charge in [0.25, 0.3) is 11.8 Å². The van der Waals surface area contributed by atoms with Gasteiger partial charge in [0.1, 0.15) is 5.69 Å². The van der Waals surface area contributed by atoms with Crippen molar-refractivity contribution in [3.05, 3.63) is 65.0 Å². The van der Waals surface area contributed by atoms with Crippen molar-refractivity contribution in [2.45, 2.75) is 38.1 Å². The lowest BCUT2D eigenvalue weighted by molar-refractivity contribution is 0.0916. The molecule has 0 saturated heterocycles. The number of carbonyl (C=O) groups excluding carboxylic acids is 2. The van der Waals surface area contributed by atoms with E-state index < -0.39 is 0 Å². The molecule has 2 aromatic rings. The van der Waals surface area contributed by atoms with Crippen molar-refractivity contribution in [3.63, 3.8) is 0 Å². The molecular weight excluding hydrogens is 314 g/mol. The van der Waals surface area contributed by atoms with E-state index in [4.69, 9.17) is 0 Å². The third kappa shape index (κ3) is 3.87. The van der Waals surface area contributed by atoms with Gasteiger partial charge < -0.3 is 10.6 Å². The van der Waals surface area contributed by atoms with Crippen molar-refractivity contribution in [3.8, 4) is 0 Å². The van der Waals surface area contributed by atoms with Crippen molar-refractivity contribution in [1.29, 1.82) is 0 Å². The fourth-order valence-electron chi connectivity index (χ4n) is 2.88. The largest absolute Gasteiger partial charge is 0.354 e. The predicted octanol–water partition coefficient (Wildman–Crippen LogP) is 2.88. The van der Waals surface area contributed by atoms with E-state index in [0.29, 0.717) is 11.3 Å². The molecule has 2 amide bonds. The number of pyridine rings is 1. The van der Waals surface area contributed by atoms with Crippen LogP contribution in [0.15, 0.2) is 42.5 Å². The quantitative estimate of drug-likeness (QED) is 0.881. The highest BCUT2D eigenvalue weighted by atomic mass is 16.2. The highest BCUT2D eigenvalue weighted by Crippen LogP contribution is 2.24. The first kappa shape index (κ1) is 17.1. The molecule has 1 atom stereocenters. The molecule has 1 aliphatic carbocycles. The molecule has 5 heteroatoms. The Kier molecular flexibility index (Phi) is 5.12. The third-order valence-electron chi connectivity index (χ3n) is 4.75. The SMILES string of the molecule is CNC(=O)c1cc(C(=O)NC2CCC2)cc([C@H](C)c2ccccc2)n1. The molecule has 1 aliphatic rings. The monoisotopic (exact) mass is 337 g/mol. The lowest BCUT2D eigenvalue weighted by Crippen LogP contribution is -2.39. The molecule has 1 heterocycles. The Morgan fingerprint density at radius 1 is 1.12 bits per heavy atom. The van der Waals surface area contributed by atoms with Crippen LogP contribution in [0.1, 0.15) is 64.2 Å². The molecule has 1 aromatic heterocycles. The van der Waals surface area contributed by atoms with Crippen molar-refractivity contribution in [1.82, 2.24) is 15.6 Å². The summed E-state index contributed by atoms with van der Waals surface area (Å²) in [4.78, 5) is 29.1. The Balaban J connectivity index is 1.94. The summed E-state index contributed by atoms with van der Waals surface area (Å²) >= 11 is 0. The molecule has 130 valence electrons. The highest BCUT2D eigenvalue weighted by molar-refractivity contribution is 5.98. The Morgan fingerprint density at radius 2 is 1.84 bits per heavy atom. The maximum absolute atomic E-state index is 12.6.